The Balaban J connectivity index is 2.44. The van der Waals surface area contributed by atoms with Crippen molar-refractivity contribution >= 4 is 26.7 Å². The van der Waals surface area contributed by atoms with E-state index in [1.54, 1.807) is 18.2 Å². The van der Waals surface area contributed by atoms with E-state index in [2.05, 4.69) is 9.19 Å². The van der Waals surface area contributed by atoms with Crippen LogP contribution < -0.4 is 9.47 Å². The third kappa shape index (κ3) is 3.49. The van der Waals surface area contributed by atoms with Gasteiger partial charge in [0.25, 0.3) is 0 Å². The van der Waals surface area contributed by atoms with Gasteiger partial charge in [-0.1, -0.05) is 0 Å². The second-order valence-electron chi connectivity index (χ2n) is 3.64. The molecule has 0 aliphatic carbocycles. The van der Waals surface area contributed by atoms with Gasteiger partial charge >= 0.3 is 115 Å². The molecule has 0 amide bonds. The van der Waals surface area contributed by atoms with Crippen molar-refractivity contribution in [3.8, 4) is 22.8 Å². The number of nitrogens with zero attached hydrogens (tertiary/aromatic N) is 2. The van der Waals surface area contributed by atoms with Crippen molar-refractivity contribution in [3.05, 3.63) is 23.1 Å². The molecule has 0 fully saturated rings. The Bertz CT molecular complexity index is 610. The molecule has 1 aromatic carbocycles. The van der Waals surface area contributed by atoms with Crippen LogP contribution in [-0.2, 0) is 9.59 Å². The average molecular weight is 325 g/mol. The number of ether oxygens (including phenoxy) is 2. The fourth-order valence-electron chi connectivity index (χ4n) is 1.46. The van der Waals surface area contributed by atoms with Crippen LogP contribution in [0.15, 0.2) is 23.1 Å². The van der Waals surface area contributed by atoms with Crippen LogP contribution in [0.1, 0.15) is 13.8 Å². The second-order valence-corrected chi connectivity index (χ2v) is 4.91. The number of hydrogen-bond donors (Lipinski definition) is 0. The van der Waals surface area contributed by atoms with E-state index >= 15 is 0 Å². The van der Waals surface area contributed by atoms with Crippen LogP contribution in [-0.4, -0.2) is 35.9 Å². The van der Waals surface area contributed by atoms with Crippen LogP contribution in [0.3, 0.4) is 0 Å². The van der Waals surface area contributed by atoms with Gasteiger partial charge in [-0.15, -0.1) is 0 Å². The SMILES string of the molecule is CC(=O)Oc1ccc(OC(C)=O)c(-c2c[se]nn2)c1. The van der Waals surface area contributed by atoms with Crippen LogP contribution in [0.5, 0.6) is 11.5 Å². The van der Waals surface area contributed by atoms with Gasteiger partial charge < -0.3 is 0 Å². The van der Waals surface area contributed by atoms with Gasteiger partial charge in [0.05, 0.1) is 0 Å². The molecule has 0 radical (unpaired) electrons. The van der Waals surface area contributed by atoms with Gasteiger partial charge in [-0.25, -0.2) is 0 Å². The molecule has 0 bridgehead atoms. The molecule has 1 heterocycles. The Morgan fingerprint density at radius 2 is 1.89 bits per heavy atom. The Labute approximate surface area is 115 Å². The number of hydrogen-bond acceptors (Lipinski definition) is 6. The number of carbonyl (C=O) groups is 2. The number of aromatic nitrogens is 2. The first kappa shape index (κ1) is 13.5. The van der Waals surface area contributed by atoms with Gasteiger partial charge in [-0.3, -0.25) is 0 Å². The molecular formula is C12H10N2O4Se. The summed E-state index contributed by atoms with van der Waals surface area (Å²) >= 11 is -0.0414. The first-order valence-corrected chi connectivity index (χ1v) is 7.10. The molecule has 19 heavy (non-hydrogen) atoms. The van der Waals surface area contributed by atoms with Crippen molar-refractivity contribution in [3.63, 3.8) is 0 Å². The molecule has 0 atom stereocenters. The van der Waals surface area contributed by atoms with E-state index in [4.69, 9.17) is 9.47 Å². The van der Waals surface area contributed by atoms with E-state index in [-0.39, 0.29) is 14.7 Å². The Morgan fingerprint density at radius 1 is 1.16 bits per heavy atom. The Morgan fingerprint density at radius 3 is 2.47 bits per heavy atom. The van der Waals surface area contributed by atoms with Crippen molar-refractivity contribution in [1.82, 2.24) is 9.19 Å². The maximum atomic E-state index is 11.1. The van der Waals surface area contributed by atoms with Gasteiger partial charge in [0.2, 0.25) is 0 Å². The third-order valence-corrected chi connectivity index (χ3v) is 3.16. The predicted octanol–water partition coefficient (Wildman–Crippen LogP) is 1.05. The van der Waals surface area contributed by atoms with Crippen LogP contribution >= 0.6 is 0 Å². The minimum absolute atomic E-state index is 0.0414. The van der Waals surface area contributed by atoms with Crippen LogP contribution in [0, 0.1) is 0 Å². The predicted molar refractivity (Wildman–Crippen MR) is 67.0 cm³/mol. The molecule has 0 spiro atoms. The number of carbonyl (C=O) groups excluding carboxylic acids is 2. The molecule has 0 aliphatic heterocycles. The van der Waals surface area contributed by atoms with E-state index in [1.807, 2.05) is 4.94 Å². The van der Waals surface area contributed by atoms with E-state index in [9.17, 15) is 9.59 Å². The number of esters is 2. The maximum absolute atomic E-state index is 11.1. The van der Waals surface area contributed by atoms with Gasteiger partial charge in [-0.2, -0.15) is 0 Å². The quantitative estimate of drug-likeness (QED) is 0.477. The van der Waals surface area contributed by atoms with Crippen molar-refractivity contribution < 1.29 is 19.1 Å². The van der Waals surface area contributed by atoms with Crippen molar-refractivity contribution in [2.24, 2.45) is 0 Å². The average Bonchev–Trinajstić information content (AvgIpc) is 2.83. The summed E-state index contributed by atoms with van der Waals surface area (Å²) in [4.78, 5) is 23.9. The summed E-state index contributed by atoms with van der Waals surface area (Å²) in [7, 11) is 0. The number of rotatable bonds is 3. The zero-order valence-electron chi connectivity index (χ0n) is 10.2. The topological polar surface area (TPSA) is 78.4 Å². The van der Waals surface area contributed by atoms with E-state index in [0.29, 0.717) is 22.8 Å². The standard InChI is InChI=1S/C12H10N2O4Se/c1-7(15)17-9-3-4-12(18-8(2)16)10(5-9)11-6-19-14-13-11/h3-6H,1-2H3. The van der Waals surface area contributed by atoms with Gasteiger partial charge in [0.15, 0.2) is 0 Å². The second kappa shape index (κ2) is 5.77. The molecule has 0 saturated heterocycles. The minimum atomic E-state index is -0.428. The van der Waals surface area contributed by atoms with E-state index < -0.39 is 11.9 Å². The zero-order chi connectivity index (χ0) is 13.8. The monoisotopic (exact) mass is 326 g/mol. The summed E-state index contributed by atoms with van der Waals surface area (Å²) in [5.41, 5.74) is 1.20. The van der Waals surface area contributed by atoms with Crippen molar-refractivity contribution in [2.75, 3.05) is 0 Å². The molecule has 1 aromatic heterocycles. The Hall–Kier alpha value is -1.98. The molecule has 7 heteroatoms. The summed E-state index contributed by atoms with van der Waals surface area (Å²) in [6, 6.07) is 4.73. The van der Waals surface area contributed by atoms with Gasteiger partial charge in [0.1, 0.15) is 0 Å². The van der Waals surface area contributed by atoms with Crippen LogP contribution in [0.25, 0.3) is 11.3 Å². The van der Waals surface area contributed by atoms with Gasteiger partial charge in [0, 0.05) is 0 Å². The fourth-order valence-corrected chi connectivity index (χ4v) is 2.42. The first-order valence-electron chi connectivity index (χ1n) is 5.34. The summed E-state index contributed by atoms with van der Waals surface area (Å²) in [6.07, 6.45) is 0. The molecule has 0 N–H and O–H groups in total. The molecule has 0 aliphatic rings. The Kier molecular flexibility index (Phi) is 4.09. The summed E-state index contributed by atoms with van der Waals surface area (Å²) in [5.74, 6) is -0.111. The molecule has 0 unspecified atom stereocenters. The van der Waals surface area contributed by atoms with Crippen LogP contribution in [0.4, 0.5) is 0 Å². The molecule has 98 valence electrons. The summed E-state index contributed by atoms with van der Waals surface area (Å²) < 4.78 is 14.0. The normalized spacial score (nSPS) is 10.0. The number of benzene rings is 1. The molecule has 2 aromatic rings. The molecule has 2 rings (SSSR count). The first-order chi connectivity index (χ1) is 9.06. The third-order valence-electron chi connectivity index (χ3n) is 2.10. The zero-order valence-corrected chi connectivity index (χ0v) is 12.0. The molecule has 0 saturated carbocycles. The summed E-state index contributed by atoms with van der Waals surface area (Å²) in [5, 5.41) is 3.98. The van der Waals surface area contributed by atoms with E-state index in [1.165, 1.54) is 13.8 Å². The van der Waals surface area contributed by atoms with Gasteiger partial charge in [-0.05, 0) is 0 Å². The van der Waals surface area contributed by atoms with Crippen LogP contribution in [0.2, 0.25) is 0 Å². The summed E-state index contributed by atoms with van der Waals surface area (Å²) in [6.45, 7) is 2.63. The van der Waals surface area contributed by atoms with E-state index in [0.717, 1.165) is 0 Å². The molecule has 6 nitrogen and oxygen atoms in total. The fraction of sp³-hybridized carbons (Fsp3) is 0.167. The molecular weight excluding hydrogens is 315 g/mol. The van der Waals surface area contributed by atoms with Crippen molar-refractivity contribution in [1.29, 1.82) is 0 Å². The van der Waals surface area contributed by atoms with Crippen molar-refractivity contribution in [2.45, 2.75) is 13.8 Å².